The van der Waals surface area contributed by atoms with Crippen LogP contribution in [0.3, 0.4) is 0 Å². The minimum absolute atomic E-state index is 0.119. The lowest BCUT2D eigenvalue weighted by Gasteiger charge is -2.28. The maximum atomic E-state index is 13.0. The fourth-order valence-corrected chi connectivity index (χ4v) is 3.44. The van der Waals surface area contributed by atoms with Gasteiger partial charge in [-0.3, -0.25) is 9.59 Å². The monoisotopic (exact) mass is 404 g/mol. The summed E-state index contributed by atoms with van der Waals surface area (Å²) in [5.74, 6) is 0.289. The summed E-state index contributed by atoms with van der Waals surface area (Å²) in [5, 5.41) is 4.82. The Balaban J connectivity index is 1.72. The third kappa shape index (κ3) is 5.38. The number of rotatable bonds is 9. The molecule has 0 aliphatic carbocycles. The van der Waals surface area contributed by atoms with E-state index in [0.29, 0.717) is 25.3 Å². The van der Waals surface area contributed by atoms with Crippen molar-refractivity contribution >= 4 is 22.6 Å². The smallest absolute Gasteiger partial charge is 0.261 e. The number of likely N-dealkylation sites (N-methyl/N-ethyl adjacent to an activating group) is 1. The zero-order valence-electron chi connectivity index (χ0n) is 17.5. The van der Waals surface area contributed by atoms with Gasteiger partial charge in [-0.1, -0.05) is 66.7 Å². The van der Waals surface area contributed by atoms with E-state index in [1.807, 2.05) is 79.7 Å². The van der Waals surface area contributed by atoms with Gasteiger partial charge in [0.15, 0.2) is 6.61 Å². The molecule has 0 fully saturated rings. The number of benzene rings is 3. The molecule has 0 aromatic heterocycles. The average Bonchev–Trinajstić information content (AvgIpc) is 2.78. The van der Waals surface area contributed by atoms with Crippen LogP contribution in [-0.4, -0.2) is 42.5 Å². The number of hydrogen-bond acceptors (Lipinski definition) is 3. The minimum Gasteiger partial charge on any atom is -0.483 e. The van der Waals surface area contributed by atoms with E-state index in [1.54, 1.807) is 11.8 Å². The molecule has 1 atom stereocenters. The molecular formula is C25H28N2O3. The normalized spacial score (nSPS) is 11.7. The van der Waals surface area contributed by atoms with E-state index in [9.17, 15) is 9.59 Å². The number of ether oxygens (including phenoxy) is 1. The van der Waals surface area contributed by atoms with E-state index in [2.05, 4.69) is 5.32 Å². The van der Waals surface area contributed by atoms with Gasteiger partial charge in [-0.05, 0) is 37.3 Å². The molecule has 0 aliphatic heterocycles. The van der Waals surface area contributed by atoms with E-state index >= 15 is 0 Å². The van der Waals surface area contributed by atoms with Gasteiger partial charge < -0.3 is 15.0 Å². The molecule has 3 aromatic carbocycles. The molecule has 1 unspecified atom stereocenters. The zero-order chi connectivity index (χ0) is 21.3. The van der Waals surface area contributed by atoms with Crippen molar-refractivity contribution < 1.29 is 14.3 Å². The maximum absolute atomic E-state index is 13.0. The lowest BCUT2D eigenvalue weighted by molar-refractivity contribution is -0.141. The van der Waals surface area contributed by atoms with Crippen LogP contribution in [0.2, 0.25) is 0 Å². The number of carbonyl (C=O) groups is 2. The molecule has 0 heterocycles. The first kappa shape index (κ1) is 21.4. The number of fused-ring (bicyclic) bond motifs is 1. The predicted molar refractivity (Wildman–Crippen MR) is 119 cm³/mol. The third-order valence-corrected chi connectivity index (χ3v) is 5.10. The second-order valence-electron chi connectivity index (χ2n) is 7.16. The molecule has 0 aliphatic rings. The maximum Gasteiger partial charge on any atom is 0.261 e. The van der Waals surface area contributed by atoms with Crippen molar-refractivity contribution in [3.8, 4) is 5.75 Å². The number of nitrogens with zero attached hydrogens (tertiary/aromatic N) is 1. The molecule has 0 bridgehead atoms. The van der Waals surface area contributed by atoms with Gasteiger partial charge >= 0.3 is 0 Å². The summed E-state index contributed by atoms with van der Waals surface area (Å²) in [6.07, 6.45) is 0.671. The second-order valence-corrected chi connectivity index (χ2v) is 7.16. The molecule has 3 rings (SSSR count). The molecule has 0 saturated carbocycles. The zero-order valence-corrected chi connectivity index (χ0v) is 17.5. The van der Waals surface area contributed by atoms with Crippen LogP contribution in [0.4, 0.5) is 0 Å². The molecule has 0 spiro atoms. The molecule has 0 radical (unpaired) electrons. The fourth-order valence-electron chi connectivity index (χ4n) is 3.44. The first-order valence-electron chi connectivity index (χ1n) is 10.3. The quantitative estimate of drug-likeness (QED) is 0.590. The Hall–Kier alpha value is -3.34. The fraction of sp³-hybridized carbons (Fsp3) is 0.280. The topological polar surface area (TPSA) is 58.6 Å². The Morgan fingerprint density at radius 2 is 1.67 bits per heavy atom. The van der Waals surface area contributed by atoms with Gasteiger partial charge in [0.1, 0.15) is 11.8 Å². The van der Waals surface area contributed by atoms with Gasteiger partial charge in [-0.2, -0.15) is 0 Å². The molecule has 156 valence electrons. The minimum atomic E-state index is -0.572. The SMILES string of the molecule is CCNC(=O)C(C)N(CCc1ccccc1)C(=O)COc1cccc2ccccc12. The van der Waals surface area contributed by atoms with Crippen molar-refractivity contribution in [2.75, 3.05) is 19.7 Å². The lowest BCUT2D eigenvalue weighted by atomic mass is 10.1. The van der Waals surface area contributed by atoms with Crippen molar-refractivity contribution in [2.45, 2.75) is 26.3 Å². The highest BCUT2D eigenvalue weighted by molar-refractivity contribution is 5.90. The van der Waals surface area contributed by atoms with Crippen molar-refractivity contribution in [2.24, 2.45) is 0 Å². The summed E-state index contributed by atoms with van der Waals surface area (Å²) in [4.78, 5) is 27.0. The summed E-state index contributed by atoms with van der Waals surface area (Å²) >= 11 is 0. The van der Waals surface area contributed by atoms with Crippen LogP contribution in [0, 0.1) is 0 Å². The first-order chi connectivity index (χ1) is 14.6. The largest absolute Gasteiger partial charge is 0.483 e. The van der Waals surface area contributed by atoms with Crippen molar-refractivity contribution in [3.05, 3.63) is 78.4 Å². The van der Waals surface area contributed by atoms with E-state index in [4.69, 9.17) is 4.74 Å². The van der Waals surface area contributed by atoms with Gasteiger partial charge in [-0.15, -0.1) is 0 Å². The summed E-state index contributed by atoms with van der Waals surface area (Å²) in [6.45, 7) is 4.47. The van der Waals surface area contributed by atoms with Crippen LogP contribution in [0.15, 0.2) is 72.8 Å². The van der Waals surface area contributed by atoms with E-state index < -0.39 is 6.04 Å². The Labute approximate surface area is 177 Å². The highest BCUT2D eigenvalue weighted by Gasteiger charge is 2.25. The van der Waals surface area contributed by atoms with Crippen LogP contribution in [0.5, 0.6) is 5.75 Å². The summed E-state index contributed by atoms with van der Waals surface area (Å²) < 4.78 is 5.88. The highest BCUT2D eigenvalue weighted by Crippen LogP contribution is 2.25. The van der Waals surface area contributed by atoms with Gasteiger partial charge in [0, 0.05) is 18.5 Å². The van der Waals surface area contributed by atoms with Crippen molar-refractivity contribution in [1.82, 2.24) is 10.2 Å². The number of nitrogens with one attached hydrogen (secondary N) is 1. The lowest BCUT2D eigenvalue weighted by Crippen LogP contribution is -2.50. The third-order valence-electron chi connectivity index (χ3n) is 5.10. The Bertz CT molecular complexity index is 983. The molecule has 5 nitrogen and oxygen atoms in total. The molecule has 3 aromatic rings. The van der Waals surface area contributed by atoms with Gasteiger partial charge in [0.25, 0.3) is 5.91 Å². The summed E-state index contributed by atoms with van der Waals surface area (Å²) in [7, 11) is 0. The highest BCUT2D eigenvalue weighted by atomic mass is 16.5. The molecular weight excluding hydrogens is 376 g/mol. The predicted octanol–water partition coefficient (Wildman–Crippen LogP) is 3.81. The van der Waals surface area contributed by atoms with E-state index in [-0.39, 0.29) is 18.4 Å². The number of hydrogen-bond donors (Lipinski definition) is 1. The Kier molecular flexibility index (Phi) is 7.44. The van der Waals surface area contributed by atoms with Crippen molar-refractivity contribution in [3.63, 3.8) is 0 Å². The van der Waals surface area contributed by atoms with Crippen LogP contribution in [-0.2, 0) is 16.0 Å². The first-order valence-corrected chi connectivity index (χ1v) is 10.3. The number of carbonyl (C=O) groups excluding carboxylic acids is 2. The summed E-state index contributed by atoms with van der Waals surface area (Å²) in [5.41, 5.74) is 1.12. The summed E-state index contributed by atoms with van der Waals surface area (Å²) in [6, 6.07) is 23.0. The van der Waals surface area contributed by atoms with Crippen LogP contribution >= 0.6 is 0 Å². The van der Waals surface area contributed by atoms with Crippen LogP contribution < -0.4 is 10.1 Å². The number of amides is 2. The van der Waals surface area contributed by atoms with Crippen molar-refractivity contribution in [1.29, 1.82) is 0 Å². The molecule has 2 amide bonds. The Morgan fingerprint density at radius 1 is 0.967 bits per heavy atom. The second kappa shape index (κ2) is 10.4. The van der Waals surface area contributed by atoms with Gasteiger partial charge in [-0.25, -0.2) is 0 Å². The van der Waals surface area contributed by atoms with E-state index in [1.165, 1.54) is 0 Å². The van der Waals surface area contributed by atoms with Gasteiger partial charge in [0.2, 0.25) is 5.91 Å². The molecule has 1 N–H and O–H groups in total. The Morgan fingerprint density at radius 3 is 2.43 bits per heavy atom. The molecule has 30 heavy (non-hydrogen) atoms. The average molecular weight is 405 g/mol. The molecule has 5 heteroatoms. The standard InChI is InChI=1S/C25H28N2O3/c1-3-26-25(29)19(2)27(17-16-20-10-5-4-6-11-20)24(28)18-30-23-15-9-13-21-12-7-8-14-22(21)23/h4-15,19H,3,16-18H2,1-2H3,(H,26,29). The van der Waals surface area contributed by atoms with E-state index in [0.717, 1.165) is 16.3 Å². The van der Waals surface area contributed by atoms with Gasteiger partial charge in [0.05, 0.1) is 0 Å². The van der Waals surface area contributed by atoms with Crippen LogP contribution in [0.1, 0.15) is 19.4 Å². The molecule has 0 saturated heterocycles. The van der Waals surface area contributed by atoms with Crippen LogP contribution in [0.25, 0.3) is 10.8 Å².